The second-order valence-electron chi connectivity index (χ2n) is 13.9. The summed E-state index contributed by atoms with van der Waals surface area (Å²) in [6.45, 7) is 5.24. The molecule has 6 aliphatic rings. The molecule has 0 spiro atoms. The molecule has 5 unspecified atom stereocenters. The van der Waals surface area contributed by atoms with Crippen LogP contribution < -0.4 is 19.9 Å². The van der Waals surface area contributed by atoms with E-state index in [0.717, 1.165) is 65.5 Å². The van der Waals surface area contributed by atoms with Crippen molar-refractivity contribution in [2.24, 2.45) is 5.92 Å². The summed E-state index contributed by atoms with van der Waals surface area (Å²) in [4.78, 5) is 17.9. The molecule has 228 valence electrons. The highest BCUT2D eigenvalue weighted by molar-refractivity contribution is 7.99. The summed E-state index contributed by atoms with van der Waals surface area (Å²) in [7, 11) is 0. The number of ether oxygens (including phenoxy) is 1. The van der Waals surface area contributed by atoms with E-state index in [2.05, 4.69) is 37.7 Å². The van der Waals surface area contributed by atoms with Crippen LogP contribution in [0.3, 0.4) is 0 Å². The van der Waals surface area contributed by atoms with Crippen molar-refractivity contribution in [2.45, 2.75) is 68.7 Å². The summed E-state index contributed by atoms with van der Waals surface area (Å²) in [6.07, 6.45) is 12.9. The van der Waals surface area contributed by atoms with Crippen LogP contribution in [0.4, 0.5) is 11.5 Å². The van der Waals surface area contributed by atoms with Crippen molar-refractivity contribution in [1.29, 1.82) is 0 Å². The zero-order chi connectivity index (χ0) is 29.4. The number of thioether (sulfide) groups is 1. The largest absolute Gasteiger partial charge is 0.508 e. The minimum atomic E-state index is 0.127. The highest BCUT2D eigenvalue weighted by atomic mass is 32.2. The lowest BCUT2D eigenvalue weighted by molar-refractivity contribution is 0.0895. The third-order valence-corrected chi connectivity index (χ3v) is 12.5. The van der Waals surface area contributed by atoms with E-state index in [1.54, 1.807) is 6.07 Å². The minimum Gasteiger partial charge on any atom is -0.508 e. The Hall–Kier alpha value is -3.19. The van der Waals surface area contributed by atoms with E-state index in [9.17, 15) is 5.11 Å². The lowest BCUT2D eigenvalue weighted by Gasteiger charge is -2.38. The predicted molar refractivity (Wildman–Crippen MR) is 176 cm³/mol. The summed E-state index contributed by atoms with van der Waals surface area (Å²) in [6, 6.07) is 11.9. The first kappa shape index (κ1) is 27.1. The fourth-order valence-electron chi connectivity index (χ4n) is 9.37. The van der Waals surface area contributed by atoms with Gasteiger partial charge >= 0.3 is 6.01 Å². The second-order valence-corrected chi connectivity index (χ2v) is 14.9. The lowest BCUT2D eigenvalue weighted by Crippen LogP contribution is -2.52. The molecule has 2 aromatic carbocycles. The average Bonchev–Trinajstić information content (AvgIpc) is 3.80. The number of anilines is 2. The number of aromatic hydroxyl groups is 1. The van der Waals surface area contributed by atoms with Gasteiger partial charge in [0.25, 0.3) is 0 Å². The highest BCUT2D eigenvalue weighted by Gasteiger charge is 2.55. The molecule has 3 aromatic rings. The standard InChI is InChI=1S/C35H40N6O2S/c1-2-22-5-3-6-23-13-27(42)14-30(32(22)23)39-12-9-28-29(18-39)37-34(38-33(28)40-16-25-7-8-26(17-40)36-25)43-21-35-10-4-11-41(35)31-20-44-19-24(31)15-35/h1,3,5-6,13-14,24-26,31,36,42H,4,7-12,15-21H2. The number of fused-ring (bicyclic) bond motifs is 7. The van der Waals surface area contributed by atoms with Gasteiger partial charge in [-0.2, -0.15) is 21.7 Å². The lowest BCUT2D eigenvalue weighted by atomic mass is 9.90. The van der Waals surface area contributed by atoms with Gasteiger partial charge in [0, 0.05) is 71.8 Å². The van der Waals surface area contributed by atoms with Crippen molar-refractivity contribution in [3.63, 3.8) is 0 Å². The number of benzene rings is 2. The average molecular weight is 609 g/mol. The van der Waals surface area contributed by atoms with E-state index >= 15 is 0 Å². The molecule has 5 saturated heterocycles. The Morgan fingerprint density at radius 2 is 2.00 bits per heavy atom. The van der Waals surface area contributed by atoms with E-state index in [1.165, 1.54) is 55.7 Å². The van der Waals surface area contributed by atoms with E-state index in [1.807, 2.05) is 24.3 Å². The van der Waals surface area contributed by atoms with Gasteiger partial charge in [-0.15, -0.1) is 6.42 Å². The molecule has 0 amide bonds. The first-order valence-corrected chi connectivity index (χ1v) is 17.6. The molecule has 1 aromatic heterocycles. The number of phenolic OH excluding ortho intramolecular Hbond substituents is 1. The molecule has 9 rings (SSSR count). The summed E-state index contributed by atoms with van der Waals surface area (Å²) in [5.41, 5.74) is 4.19. The van der Waals surface area contributed by atoms with Crippen molar-refractivity contribution in [3.05, 3.63) is 47.2 Å². The second kappa shape index (κ2) is 10.4. The fourth-order valence-corrected chi connectivity index (χ4v) is 10.8. The topological polar surface area (TPSA) is 77.0 Å². The first-order valence-electron chi connectivity index (χ1n) is 16.4. The molecule has 8 nitrogen and oxygen atoms in total. The maximum Gasteiger partial charge on any atom is 0.318 e. The van der Waals surface area contributed by atoms with Crippen LogP contribution >= 0.6 is 11.8 Å². The van der Waals surface area contributed by atoms with Crippen LogP contribution in [-0.2, 0) is 13.0 Å². The number of rotatable bonds is 5. The maximum atomic E-state index is 10.7. The molecular weight excluding hydrogens is 568 g/mol. The predicted octanol–water partition coefficient (Wildman–Crippen LogP) is 4.17. The summed E-state index contributed by atoms with van der Waals surface area (Å²) in [5.74, 6) is 7.52. The van der Waals surface area contributed by atoms with E-state index in [0.29, 0.717) is 37.3 Å². The maximum absolute atomic E-state index is 10.7. The van der Waals surface area contributed by atoms with Crippen LogP contribution in [-0.4, -0.2) is 87.9 Å². The highest BCUT2D eigenvalue weighted by Crippen LogP contribution is 2.50. The van der Waals surface area contributed by atoms with Gasteiger partial charge in [-0.25, -0.2) is 0 Å². The molecule has 7 heterocycles. The number of nitrogens with one attached hydrogen (secondary N) is 1. The van der Waals surface area contributed by atoms with E-state index in [4.69, 9.17) is 21.1 Å². The van der Waals surface area contributed by atoms with Crippen molar-refractivity contribution < 1.29 is 9.84 Å². The fraction of sp³-hybridized carbons (Fsp3) is 0.543. The molecule has 5 fully saturated rings. The number of piperazine rings is 1. The Balaban J connectivity index is 1.07. The van der Waals surface area contributed by atoms with Crippen molar-refractivity contribution in [2.75, 3.05) is 54.1 Å². The van der Waals surface area contributed by atoms with Crippen LogP contribution in [0.25, 0.3) is 10.8 Å². The summed E-state index contributed by atoms with van der Waals surface area (Å²) in [5, 5.41) is 16.4. The van der Waals surface area contributed by atoms with Crippen LogP contribution in [0.2, 0.25) is 0 Å². The molecule has 0 radical (unpaired) electrons. The summed E-state index contributed by atoms with van der Waals surface area (Å²) < 4.78 is 6.70. The van der Waals surface area contributed by atoms with Gasteiger partial charge in [0.15, 0.2) is 0 Å². The molecule has 5 atom stereocenters. The van der Waals surface area contributed by atoms with Gasteiger partial charge in [-0.1, -0.05) is 18.1 Å². The molecule has 2 N–H and O–H groups in total. The molecule has 44 heavy (non-hydrogen) atoms. The van der Waals surface area contributed by atoms with Crippen LogP contribution in [0, 0.1) is 18.3 Å². The molecular formula is C35H40N6O2S. The number of hydrogen-bond donors (Lipinski definition) is 2. The zero-order valence-electron chi connectivity index (χ0n) is 25.2. The van der Waals surface area contributed by atoms with Gasteiger partial charge in [-0.3, -0.25) is 4.90 Å². The zero-order valence-corrected chi connectivity index (χ0v) is 26.0. The van der Waals surface area contributed by atoms with E-state index < -0.39 is 0 Å². The summed E-state index contributed by atoms with van der Waals surface area (Å²) >= 11 is 2.12. The van der Waals surface area contributed by atoms with Crippen LogP contribution in [0.15, 0.2) is 30.3 Å². The quantitative estimate of drug-likeness (QED) is 0.415. The third kappa shape index (κ3) is 4.36. The molecule has 2 bridgehead atoms. The van der Waals surface area contributed by atoms with Crippen LogP contribution in [0.1, 0.15) is 48.9 Å². The number of nitrogens with zero attached hydrogens (tertiary/aromatic N) is 5. The van der Waals surface area contributed by atoms with Gasteiger partial charge in [0.1, 0.15) is 18.2 Å². The number of phenols is 1. The first-order chi connectivity index (χ1) is 21.6. The Morgan fingerprint density at radius 1 is 1.11 bits per heavy atom. The Bertz CT molecular complexity index is 1660. The third-order valence-electron chi connectivity index (χ3n) is 11.3. The van der Waals surface area contributed by atoms with Gasteiger partial charge < -0.3 is 25.0 Å². The Labute approximate surface area is 263 Å². The van der Waals surface area contributed by atoms with Crippen LogP contribution in [0.5, 0.6) is 11.8 Å². The molecule has 0 aliphatic carbocycles. The van der Waals surface area contributed by atoms with Crippen molar-refractivity contribution in [1.82, 2.24) is 20.2 Å². The smallest absolute Gasteiger partial charge is 0.318 e. The Morgan fingerprint density at radius 3 is 2.86 bits per heavy atom. The molecule has 6 aliphatic heterocycles. The number of aromatic nitrogens is 2. The molecule has 9 heteroatoms. The van der Waals surface area contributed by atoms with Crippen molar-refractivity contribution >= 4 is 34.0 Å². The molecule has 0 saturated carbocycles. The number of hydrogen-bond acceptors (Lipinski definition) is 9. The van der Waals surface area contributed by atoms with Gasteiger partial charge in [0.2, 0.25) is 0 Å². The minimum absolute atomic E-state index is 0.127. The van der Waals surface area contributed by atoms with E-state index in [-0.39, 0.29) is 11.3 Å². The normalized spacial score (nSPS) is 30.8. The Kier molecular flexibility index (Phi) is 6.44. The number of terminal acetylenes is 1. The van der Waals surface area contributed by atoms with Gasteiger partial charge in [0.05, 0.1) is 17.8 Å². The monoisotopic (exact) mass is 608 g/mol. The SMILES string of the molecule is C#Cc1cccc2cc(O)cc(N3CCc4c(nc(OCC56CCCN5C5CSCC5C6)nc4N4CC5CCC(C4)N5)C3)c12. The van der Waals surface area contributed by atoms with Crippen molar-refractivity contribution in [3.8, 4) is 24.1 Å². The van der Waals surface area contributed by atoms with Gasteiger partial charge in [-0.05, 0) is 74.3 Å².